The Kier molecular flexibility index (Phi) is 3.53. The maximum atomic E-state index is 12.3. The summed E-state index contributed by atoms with van der Waals surface area (Å²) in [5.41, 5.74) is 2.69. The number of nitrogens with one attached hydrogen (secondary N) is 1. The van der Waals surface area contributed by atoms with Crippen LogP contribution in [0.2, 0.25) is 0 Å². The predicted octanol–water partition coefficient (Wildman–Crippen LogP) is 3.20. The van der Waals surface area contributed by atoms with Crippen LogP contribution in [0.1, 0.15) is 32.9 Å². The molecule has 2 heterocycles. The minimum Gasteiger partial charge on any atom is -0.296 e. The second kappa shape index (κ2) is 5.40. The van der Waals surface area contributed by atoms with Crippen LogP contribution in [0.4, 0.5) is 5.95 Å². The van der Waals surface area contributed by atoms with Crippen molar-refractivity contribution in [3.8, 4) is 12.3 Å². The van der Waals surface area contributed by atoms with E-state index < -0.39 is 0 Å². The summed E-state index contributed by atoms with van der Waals surface area (Å²) in [6.07, 6.45) is 11.6. The molecule has 5 nitrogen and oxygen atoms in total. The number of rotatable bonds is 3. The summed E-state index contributed by atoms with van der Waals surface area (Å²) in [5, 5.41) is 2.89. The highest BCUT2D eigenvalue weighted by molar-refractivity contribution is 5.93. The lowest BCUT2D eigenvalue weighted by molar-refractivity contribution is -0.117. The second-order valence-corrected chi connectivity index (χ2v) is 6.69. The average Bonchev–Trinajstić information content (AvgIpc) is 2.72. The molecule has 0 aromatic carbocycles. The van der Waals surface area contributed by atoms with Gasteiger partial charge in [0.25, 0.3) is 0 Å². The zero-order valence-electron chi connectivity index (χ0n) is 13.4. The fourth-order valence-corrected chi connectivity index (χ4v) is 2.35. The third kappa shape index (κ3) is 3.02. The highest BCUT2D eigenvalue weighted by Gasteiger charge is 2.21. The molecular formula is C18H18N4O. The van der Waals surface area contributed by atoms with Gasteiger partial charge < -0.3 is 0 Å². The summed E-state index contributed by atoms with van der Waals surface area (Å²) >= 11 is 0. The number of hydrogen-bond acceptors (Lipinski definition) is 3. The number of hydrogen-bond donors (Lipinski definition) is 1. The van der Waals surface area contributed by atoms with Crippen molar-refractivity contribution in [2.24, 2.45) is 5.41 Å². The van der Waals surface area contributed by atoms with Crippen LogP contribution >= 0.6 is 0 Å². The van der Waals surface area contributed by atoms with E-state index in [2.05, 4.69) is 21.2 Å². The summed E-state index contributed by atoms with van der Waals surface area (Å²) in [6, 6.07) is 3.56. The first-order valence-electron chi connectivity index (χ1n) is 7.42. The molecule has 2 aromatic rings. The molecule has 0 aliphatic heterocycles. The number of imidazole rings is 1. The lowest BCUT2D eigenvalue weighted by Gasteiger charge is -2.18. The van der Waals surface area contributed by atoms with Crippen LogP contribution in [0.25, 0.3) is 16.9 Å². The molecule has 0 unspecified atom stereocenters. The van der Waals surface area contributed by atoms with Gasteiger partial charge in [-0.2, -0.15) is 0 Å². The molecule has 0 bridgehead atoms. The molecule has 5 heteroatoms. The molecule has 116 valence electrons. The van der Waals surface area contributed by atoms with Crippen LogP contribution in [-0.2, 0) is 4.79 Å². The molecule has 0 saturated heterocycles. The van der Waals surface area contributed by atoms with E-state index in [0.29, 0.717) is 29.2 Å². The van der Waals surface area contributed by atoms with Gasteiger partial charge >= 0.3 is 0 Å². The van der Waals surface area contributed by atoms with E-state index in [1.54, 1.807) is 6.07 Å². The van der Waals surface area contributed by atoms with Crippen molar-refractivity contribution >= 4 is 28.7 Å². The number of anilines is 1. The molecule has 3 rings (SSSR count). The lowest BCUT2D eigenvalue weighted by atomic mass is 9.92. The molecule has 1 aliphatic rings. The number of carbonyl (C=O) groups is 1. The Morgan fingerprint density at radius 3 is 2.65 bits per heavy atom. The van der Waals surface area contributed by atoms with Crippen molar-refractivity contribution in [1.82, 2.24) is 14.5 Å². The summed E-state index contributed by atoms with van der Waals surface area (Å²) in [6.45, 7) is 6.06. The van der Waals surface area contributed by atoms with Crippen LogP contribution in [0.5, 0.6) is 0 Å². The Labute approximate surface area is 135 Å². The quantitative estimate of drug-likeness (QED) is 0.886. The Bertz CT molecular complexity index is 888. The summed E-state index contributed by atoms with van der Waals surface area (Å²) in [4.78, 5) is 21.2. The summed E-state index contributed by atoms with van der Waals surface area (Å²) in [7, 11) is 0. The third-order valence-corrected chi connectivity index (χ3v) is 3.39. The van der Waals surface area contributed by atoms with Gasteiger partial charge in [0.15, 0.2) is 5.65 Å². The van der Waals surface area contributed by atoms with E-state index in [4.69, 9.17) is 6.42 Å². The van der Waals surface area contributed by atoms with Crippen molar-refractivity contribution in [2.75, 3.05) is 5.32 Å². The maximum absolute atomic E-state index is 12.3. The van der Waals surface area contributed by atoms with Crippen molar-refractivity contribution in [1.29, 1.82) is 0 Å². The fourth-order valence-electron chi connectivity index (χ4n) is 2.35. The van der Waals surface area contributed by atoms with Gasteiger partial charge in [-0.1, -0.05) is 32.8 Å². The molecule has 0 atom stereocenters. The number of terminal acetylenes is 1. The molecule has 0 spiro atoms. The number of nitrogens with zero attached hydrogens (tertiary/aromatic N) is 3. The van der Waals surface area contributed by atoms with Gasteiger partial charge in [-0.3, -0.25) is 14.7 Å². The first-order chi connectivity index (χ1) is 10.9. The molecule has 1 amide bonds. The smallest absolute Gasteiger partial charge is 0.227 e. The molecule has 0 radical (unpaired) electrons. The van der Waals surface area contributed by atoms with E-state index in [1.165, 1.54) is 0 Å². The summed E-state index contributed by atoms with van der Waals surface area (Å²) in [5.74, 6) is 2.92. The normalized spacial score (nSPS) is 13.4. The topological polar surface area (TPSA) is 59.8 Å². The van der Waals surface area contributed by atoms with Crippen molar-refractivity contribution in [3.63, 3.8) is 0 Å². The highest BCUT2D eigenvalue weighted by atomic mass is 16.1. The second-order valence-electron chi connectivity index (χ2n) is 6.69. The average molecular weight is 306 g/mol. The van der Waals surface area contributed by atoms with Crippen molar-refractivity contribution in [2.45, 2.75) is 27.2 Å². The zero-order valence-corrected chi connectivity index (χ0v) is 13.4. The zero-order chi connectivity index (χ0) is 16.6. The number of pyridine rings is 1. The van der Waals surface area contributed by atoms with Crippen molar-refractivity contribution in [3.05, 3.63) is 36.1 Å². The van der Waals surface area contributed by atoms with E-state index in [1.807, 2.05) is 49.6 Å². The summed E-state index contributed by atoms with van der Waals surface area (Å²) < 4.78 is 1.82. The minimum absolute atomic E-state index is 0.0740. The van der Waals surface area contributed by atoms with E-state index >= 15 is 0 Å². The largest absolute Gasteiger partial charge is 0.296 e. The molecule has 0 saturated carbocycles. The van der Waals surface area contributed by atoms with Gasteiger partial charge in [-0.15, -0.1) is 6.42 Å². The van der Waals surface area contributed by atoms with E-state index in [0.717, 1.165) is 5.70 Å². The van der Waals surface area contributed by atoms with Crippen LogP contribution in [-0.4, -0.2) is 20.4 Å². The molecule has 2 aromatic heterocycles. The Morgan fingerprint density at radius 1 is 1.35 bits per heavy atom. The van der Waals surface area contributed by atoms with Crippen LogP contribution in [0, 0.1) is 17.8 Å². The molecule has 1 N–H and O–H groups in total. The number of carbonyl (C=O) groups excluding carboxylic acids is 1. The number of amides is 1. The predicted molar refractivity (Wildman–Crippen MR) is 91.6 cm³/mol. The van der Waals surface area contributed by atoms with Crippen LogP contribution in [0.15, 0.2) is 30.4 Å². The molecule has 1 aliphatic carbocycles. The number of aromatic nitrogens is 3. The molecule has 23 heavy (non-hydrogen) atoms. The van der Waals surface area contributed by atoms with Crippen LogP contribution < -0.4 is 5.32 Å². The SMILES string of the molecule is C#Cc1ccc2nc(NC(=O)CC(C)(C)C)n(C3=CC=C3)c2n1. The Morgan fingerprint density at radius 2 is 2.09 bits per heavy atom. The number of allylic oxidation sites excluding steroid dienone is 4. The monoisotopic (exact) mass is 306 g/mol. The van der Waals surface area contributed by atoms with Gasteiger partial charge in [0.1, 0.15) is 11.2 Å². The van der Waals surface area contributed by atoms with Gasteiger partial charge in [0, 0.05) is 6.42 Å². The molecular weight excluding hydrogens is 288 g/mol. The number of fused-ring (bicyclic) bond motifs is 1. The van der Waals surface area contributed by atoms with E-state index in [-0.39, 0.29) is 11.3 Å². The fraction of sp³-hybridized carbons (Fsp3) is 0.278. The van der Waals surface area contributed by atoms with Crippen molar-refractivity contribution < 1.29 is 4.79 Å². The molecule has 0 fully saturated rings. The highest BCUT2D eigenvalue weighted by Crippen LogP contribution is 2.27. The lowest BCUT2D eigenvalue weighted by Crippen LogP contribution is -2.21. The first-order valence-corrected chi connectivity index (χ1v) is 7.42. The van der Waals surface area contributed by atoms with Gasteiger partial charge in [0.05, 0.1) is 5.70 Å². The van der Waals surface area contributed by atoms with E-state index in [9.17, 15) is 4.79 Å². The standard InChI is InChI=1S/C18H18N4O/c1-5-12-9-10-14-16(19-12)22(13-7-6-8-13)17(20-14)21-15(23)11-18(2,3)4/h1,6-10H,11H2,2-4H3,(H,20,21,23). The Hall–Kier alpha value is -2.87. The maximum Gasteiger partial charge on any atom is 0.227 e. The third-order valence-electron chi connectivity index (χ3n) is 3.39. The van der Waals surface area contributed by atoms with Gasteiger partial charge in [-0.05, 0) is 29.7 Å². The Balaban J connectivity index is 2.03. The van der Waals surface area contributed by atoms with Gasteiger partial charge in [0.2, 0.25) is 11.9 Å². The van der Waals surface area contributed by atoms with Gasteiger partial charge in [-0.25, -0.2) is 9.97 Å². The first kappa shape index (κ1) is 15.0. The van der Waals surface area contributed by atoms with Crippen LogP contribution in [0.3, 0.4) is 0 Å². The minimum atomic E-state index is -0.0918.